The summed E-state index contributed by atoms with van der Waals surface area (Å²) < 4.78 is 26.2. The molecule has 9 nitrogen and oxygen atoms in total. The van der Waals surface area contributed by atoms with Gasteiger partial charge in [-0.2, -0.15) is 15.0 Å². The molecule has 1 aromatic rings. The molecule has 1 atom stereocenters. The highest BCUT2D eigenvalue weighted by Gasteiger charge is 2.30. The second-order valence-electron chi connectivity index (χ2n) is 6.56. The third-order valence-electron chi connectivity index (χ3n) is 4.63. The monoisotopic (exact) mass is 385 g/mol. The molecule has 1 aromatic heterocycles. The van der Waals surface area contributed by atoms with Gasteiger partial charge in [0.2, 0.25) is 21.9 Å². The van der Waals surface area contributed by atoms with Gasteiger partial charge in [0, 0.05) is 19.1 Å². The average Bonchev–Trinajstić information content (AvgIpc) is 2.62. The zero-order valence-electron chi connectivity index (χ0n) is 15.8. The van der Waals surface area contributed by atoms with Crippen molar-refractivity contribution in [1.29, 1.82) is 0 Å². The van der Waals surface area contributed by atoms with E-state index in [2.05, 4.69) is 30.3 Å². The zero-order chi connectivity index (χ0) is 19.2. The fraction of sp³-hybridized carbons (Fsp3) is 0.812. The van der Waals surface area contributed by atoms with E-state index in [1.165, 1.54) is 0 Å². The van der Waals surface area contributed by atoms with Gasteiger partial charge in [-0.25, -0.2) is 13.1 Å². The number of sulfonamides is 1. The first-order valence-electron chi connectivity index (χ1n) is 9.37. The highest BCUT2D eigenvalue weighted by Crippen LogP contribution is 2.32. The standard InChI is InChI=1S/C16H31N7O2S/c1-4-18-15-20-14(21-16(22-15)19-5-2)13(17)11-7-9-12(10-8-11)23-26(24,25)6-3/h11-13,23H,4-10,17H2,1-3H3,(H2,18,19,20,21,22). The van der Waals surface area contributed by atoms with Crippen LogP contribution < -0.4 is 21.1 Å². The molecule has 0 aliphatic heterocycles. The summed E-state index contributed by atoms with van der Waals surface area (Å²) in [7, 11) is -3.16. The lowest BCUT2D eigenvalue weighted by Gasteiger charge is -2.31. The molecule has 148 valence electrons. The number of nitrogens with zero attached hydrogens (tertiary/aromatic N) is 3. The van der Waals surface area contributed by atoms with E-state index in [4.69, 9.17) is 5.73 Å². The molecule has 0 aromatic carbocycles. The largest absolute Gasteiger partial charge is 0.354 e. The molecule has 26 heavy (non-hydrogen) atoms. The van der Waals surface area contributed by atoms with E-state index >= 15 is 0 Å². The van der Waals surface area contributed by atoms with E-state index in [1.807, 2.05) is 13.8 Å². The molecule has 1 aliphatic rings. The maximum Gasteiger partial charge on any atom is 0.227 e. The maximum atomic E-state index is 11.7. The predicted molar refractivity (Wildman–Crippen MR) is 103 cm³/mol. The fourth-order valence-corrected chi connectivity index (χ4v) is 4.07. The summed E-state index contributed by atoms with van der Waals surface area (Å²) in [4.78, 5) is 13.3. The van der Waals surface area contributed by atoms with Crippen LogP contribution in [0.2, 0.25) is 0 Å². The maximum absolute atomic E-state index is 11.7. The van der Waals surface area contributed by atoms with Crippen LogP contribution in [0.4, 0.5) is 11.9 Å². The SMILES string of the molecule is CCNc1nc(NCC)nc(C(N)C2CCC(NS(=O)(=O)CC)CC2)n1. The molecule has 10 heteroatoms. The van der Waals surface area contributed by atoms with Gasteiger partial charge in [0.15, 0.2) is 5.82 Å². The number of nitrogens with two attached hydrogens (primary N) is 1. The van der Waals surface area contributed by atoms with Crippen LogP contribution in [0.15, 0.2) is 0 Å². The summed E-state index contributed by atoms with van der Waals surface area (Å²) >= 11 is 0. The number of hydrogen-bond donors (Lipinski definition) is 4. The van der Waals surface area contributed by atoms with Crippen molar-refractivity contribution in [3.05, 3.63) is 5.82 Å². The molecular formula is C16H31N7O2S. The van der Waals surface area contributed by atoms with Crippen LogP contribution in [-0.2, 0) is 10.0 Å². The van der Waals surface area contributed by atoms with Crippen molar-refractivity contribution in [3.63, 3.8) is 0 Å². The van der Waals surface area contributed by atoms with E-state index in [0.29, 0.717) is 30.8 Å². The van der Waals surface area contributed by atoms with Gasteiger partial charge >= 0.3 is 0 Å². The normalized spacial score (nSPS) is 22.0. The van der Waals surface area contributed by atoms with Gasteiger partial charge in [-0.05, 0) is 52.4 Å². The molecular weight excluding hydrogens is 354 g/mol. The summed E-state index contributed by atoms with van der Waals surface area (Å²) in [5.41, 5.74) is 6.45. The number of nitrogens with one attached hydrogen (secondary N) is 3. The first-order chi connectivity index (χ1) is 12.4. The lowest BCUT2D eigenvalue weighted by molar-refractivity contribution is 0.270. The number of rotatable bonds is 9. The molecule has 5 N–H and O–H groups in total. The molecule has 0 radical (unpaired) electrons. The van der Waals surface area contributed by atoms with Crippen molar-refractivity contribution in [2.24, 2.45) is 11.7 Å². The minimum atomic E-state index is -3.16. The Morgan fingerprint density at radius 2 is 1.54 bits per heavy atom. The summed E-state index contributed by atoms with van der Waals surface area (Å²) in [5.74, 6) is 1.95. The van der Waals surface area contributed by atoms with Gasteiger partial charge in [0.05, 0.1) is 11.8 Å². The Hall–Kier alpha value is -1.52. The summed E-state index contributed by atoms with van der Waals surface area (Å²) in [6.45, 7) is 7.04. The van der Waals surface area contributed by atoms with Crippen molar-refractivity contribution in [3.8, 4) is 0 Å². The first-order valence-corrected chi connectivity index (χ1v) is 11.0. The molecule has 1 fully saturated rings. The molecule has 0 saturated heterocycles. The van der Waals surface area contributed by atoms with Gasteiger partial charge in [0.25, 0.3) is 0 Å². The number of anilines is 2. The van der Waals surface area contributed by atoms with Crippen molar-refractivity contribution < 1.29 is 8.42 Å². The topological polar surface area (TPSA) is 135 Å². The smallest absolute Gasteiger partial charge is 0.227 e. The van der Waals surface area contributed by atoms with Gasteiger partial charge in [-0.3, -0.25) is 0 Å². The third-order valence-corrected chi connectivity index (χ3v) is 6.08. The molecule has 2 rings (SSSR count). The molecule has 1 saturated carbocycles. The van der Waals surface area contributed by atoms with Gasteiger partial charge in [-0.15, -0.1) is 0 Å². The Bertz CT molecular complexity index is 651. The fourth-order valence-electron chi connectivity index (χ4n) is 3.16. The van der Waals surface area contributed by atoms with Crippen LogP contribution in [-0.4, -0.2) is 48.3 Å². The molecule has 1 aliphatic carbocycles. The summed E-state index contributed by atoms with van der Waals surface area (Å²) in [6, 6.07) is -0.298. The van der Waals surface area contributed by atoms with Gasteiger partial charge in [-0.1, -0.05) is 0 Å². The summed E-state index contributed by atoms with van der Waals surface area (Å²) in [6.07, 6.45) is 3.25. The number of hydrogen-bond acceptors (Lipinski definition) is 8. The van der Waals surface area contributed by atoms with Crippen LogP contribution in [0, 0.1) is 5.92 Å². The first kappa shape index (κ1) is 20.8. The Kier molecular flexibility index (Phi) is 7.54. The third kappa shape index (κ3) is 5.75. The molecule has 0 bridgehead atoms. The highest BCUT2D eigenvalue weighted by atomic mass is 32.2. The highest BCUT2D eigenvalue weighted by molar-refractivity contribution is 7.89. The van der Waals surface area contributed by atoms with E-state index in [0.717, 1.165) is 25.7 Å². The Labute approximate surface area is 156 Å². The quantitative estimate of drug-likeness (QED) is 0.498. The minimum absolute atomic E-state index is 0.00334. The molecule has 0 amide bonds. The molecule has 1 unspecified atom stereocenters. The predicted octanol–water partition coefficient (Wildman–Crippen LogP) is 1.23. The lowest BCUT2D eigenvalue weighted by Crippen LogP contribution is -2.40. The van der Waals surface area contributed by atoms with E-state index < -0.39 is 10.0 Å². The van der Waals surface area contributed by atoms with Crippen molar-refractivity contribution in [1.82, 2.24) is 19.7 Å². The Morgan fingerprint density at radius 1 is 1.00 bits per heavy atom. The van der Waals surface area contributed by atoms with Crippen LogP contribution >= 0.6 is 0 Å². The lowest BCUT2D eigenvalue weighted by atomic mass is 9.82. The molecule has 1 heterocycles. The van der Waals surface area contributed by atoms with Crippen LogP contribution in [0.3, 0.4) is 0 Å². The average molecular weight is 386 g/mol. The van der Waals surface area contributed by atoms with Gasteiger partial charge < -0.3 is 16.4 Å². The molecule has 0 spiro atoms. The van der Waals surface area contributed by atoms with E-state index in [1.54, 1.807) is 6.92 Å². The van der Waals surface area contributed by atoms with Crippen molar-refractivity contribution >= 4 is 21.9 Å². The van der Waals surface area contributed by atoms with E-state index in [-0.39, 0.29) is 23.8 Å². The zero-order valence-corrected chi connectivity index (χ0v) is 16.6. The second kappa shape index (κ2) is 9.43. The second-order valence-corrected chi connectivity index (χ2v) is 8.60. The Balaban J connectivity index is 2.04. The van der Waals surface area contributed by atoms with Crippen molar-refractivity contribution in [2.45, 2.75) is 58.5 Å². The Morgan fingerprint density at radius 3 is 2.00 bits per heavy atom. The van der Waals surface area contributed by atoms with Crippen LogP contribution in [0.1, 0.15) is 58.3 Å². The number of aromatic nitrogens is 3. The van der Waals surface area contributed by atoms with E-state index in [9.17, 15) is 8.42 Å². The van der Waals surface area contributed by atoms with Crippen molar-refractivity contribution in [2.75, 3.05) is 29.5 Å². The van der Waals surface area contributed by atoms with Gasteiger partial charge in [0.1, 0.15) is 0 Å². The van der Waals surface area contributed by atoms with Crippen LogP contribution in [0.25, 0.3) is 0 Å². The minimum Gasteiger partial charge on any atom is -0.354 e. The summed E-state index contributed by atoms with van der Waals surface area (Å²) in [5, 5.41) is 6.22. The van der Waals surface area contributed by atoms with Crippen LogP contribution in [0.5, 0.6) is 0 Å².